The van der Waals surface area contributed by atoms with Crippen molar-refractivity contribution in [3.8, 4) is 5.69 Å². The standard InChI is InChI=1S/C16H17ClN6O2S/c1-9-14(19-21-22(9)13-7-5-12(17)6-8-13)16(4)23(11(3)25)20-15(26-16)18-10(2)24/h5-8H,1-4H3,(H,18,20,24). The monoisotopic (exact) mass is 392 g/mol. The molecule has 1 aliphatic heterocycles. The van der Waals surface area contributed by atoms with Crippen LogP contribution in [0.15, 0.2) is 29.4 Å². The molecule has 8 nitrogen and oxygen atoms in total. The number of hydrogen-bond acceptors (Lipinski definition) is 6. The first-order chi connectivity index (χ1) is 12.2. The van der Waals surface area contributed by atoms with Crippen molar-refractivity contribution in [3.05, 3.63) is 40.7 Å². The number of carbonyl (C=O) groups is 2. The van der Waals surface area contributed by atoms with Crippen LogP contribution in [0, 0.1) is 6.92 Å². The molecule has 136 valence electrons. The Bertz CT molecular complexity index is 910. The van der Waals surface area contributed by atoms with Crippen LogP contribution >= 0.6 is 23.4 Å². The summed E-state index contributed by atoms with van der Waals surface area (Å²) in [7, 11) is 0. The molecule has 2 amide bonds. The summed E-state index contributed by atoms with van der Waals surface area (Å²) in [4.78, 5) is 22.6. The number of carbonyl (C=O) groups excluding carboxylic acids is 2. The summed E-state index contributed by atoms with van der Waals surface area (Å²) in [5.74, 6) is -0.522. The third-order valence-corrected chi connectivity index (χ3v) is 5.27. The third-order valence-electron chi connectivity index (χ3n) is 3.88. The highest BCUT2D eigenvalue weighted by atomic mass is 35.5. The van der Waals surface area contributed by atoms with Crippen LogP contribution in [-0.4, -0.2) is 37.0 Å². The summed E-state index contributed by atoms with van der Waals surface area (Å²) in [6, 6.07) is 7.20. The molecule has 0 spiro atoms. The molecule has 3 rings (SSSR count). The van der Waals surface area contributed by atoms with Crippen molar-refractivity contribution in [2.75, 3.05) is 0 Å². The number of hydrazone groups is 1. The maximum Gasteiger partial charge on any atom is 0.241 e. The number of thioether (sulfide) groups is 1. The Labute approximate surface area is 159 Å². The summed E-state index contributed by atoms with van der Waals surface area (Å²) >= 11 is 7.18. The fraction of sp³-hybridized carbons (Fsp3) is 0.312. The van der Waals surface area contributed by atoms with Gasteiger partial charge in [0.2, 0.25) is 11.8 Å². The lowest BCUT2D eigenvalue weighted by molar-refractivity contribution is -0.132. The van der Waals surface area contributed by atoms with Crippen molar-refractivity contribution in [1.29, 1.82) is 0 Å². The minimum Gasteiger partial charge on any atom is -0.304 e. The first-order valence-electron chi connectivity index (χ1n) is 7.77. The predicted octanol–water partition coefficient (Wildman–Crippen LogP) is 2.40. The van der Waals surface area contributed by atoms with Gasteiger partial charge in [-0.05, 0) is 49.9 Å². The molecule has 0 bridgehead atoms. The summed E-state index contributed by atoms with van der Waals surface area (Å²) in [6.07, 6.45) is 0. The lowest BCUT2D eigenvalue weighted by atomic mass is 10.1. The fourth-order valence-electron chi connectivity index (χ4n) is 2.74. The number of nitrogens with one attached hydrogen (secondary N) is 1. The quantitative estimate of drug-likeness (QED) is 0.847. The van der Waals surface area contributed by atoms with Gasteiger partial charge in [-0.1, -0.05) is 16.8 Å². The maximum absolute atomic E-state index is 12.1. The molecule has 1 aromatic carbocycles. The lowest BCUT2D eigenvalue weighted by Gasteiger charge is -2.29. The van der Waals surface area contributed by atoms with Crippen LogP contribution < -0.4 is 5.32 Å². The molecular weight excluding hydrogens is 376 g/mol. The highest BCUT2D eigenvalue weighted by Crippen LogP contribution is 2.45. The Morgan fingerprint density at radius 1 is 1.23 bits per heavy atom. The normalized spacial score (nSPS) is 19.4. The number of halogens is 1. The van der Waals surface area contributed by atoms with Crippen LogP contribution in [0.5, 0.6) is 0 Å². The average molecular weight is 393 g/mol. The van der Waals surface area contributed by atoms with Gasteiger partial charge in [0.15, 0.2) is 10.0 Å². The second kappa shape index (κ2) is 6.73. The molecule has 0 saturated carbocycles. The second-order valence-corrected chi connectivity index (χ2v) is 7.74. The molecule has 1 unspecified atom stereocenters. The van der Waals surface area contributed by atoms with E-state index in [1.165, 1.54) is 30.6 Å². The lowest BCUT2D eigenvalue weighted by Crippen LogP contribution is -2.38. The van der Waals surface area contributed by atoms with Crippen molar-refractivity contribution in [2.45, 2.75) is 32.6 Å². The van der Waals surface area contributed by atoms with E-state index in [2.05, 4.69) is 20.7 Å². The summed E-state index contributed by atoms with van der Waals surface area (Å²) in [6.45, 7) is 6.49. The molecule has 1 atom stereocenters. The van der Waals surface area contributed by atoms with Crippen molar-refractivity contribution >= 4 is 40.3 Å². The van der Waals surface area contributed by atoms with Crippen molar-refractivity contribution < 1.29 is 9.59 Å². The zero-order valence-electron chi connectivity index (χ0n) is 14.6. The summed E-state index contributed by atoms with van der Waals surface area (Å²) in [5.41, 5.74) is 2.14. The van der Waals surface area contributed by atoms with Crippen LogP contribution in [0.1, 0.15) is 32.2 Å². The number of nitrogens with zero attached hydrogens (tertiary/aromatic N) is 5. The number of rotatable bonds is 2. The van der Waals surface area contributed by atoms with Crippen LogP contribution in [0.3, 0.4) is 0 Å². The molecule has 0 aliphatic carbocycles. The Hall–Kier alpha value is -2.39. The molecule has 10 heteroatoms. The van der Waals surface area contributed by atoms with E-state index < -0.39 is 4.87 Å². The fourth-order valence-corrected chi connectivity index (χ4v) is 4.10. The van der Waals surface area contributed by atoms with E-state index in [9.17, 15) is 9.59 Å². The number of amidine groups is 1. The Balaban J connectivity index is 2.01. The zero-order chi connectivity index (χ0) is 19.1. The van der Waals surface area contributed by atoms with E-state index in [1.54, 1.807) is 16.8 Å². The SMILES string of the molecule is CC(=O)NC1=NN(C(C)=O)C(C)(c2nnn(-c3ccc(Cl)cc3)c2C)S1. The van der Waals surface area contributed by atoms with Gasteiger partial charge in [0.05, 0.1) is 11.4 Å². The Kier molecular flexibility index (Phi) is 4.76. The van der Waals surface area contributed by atoms with Gasteiger partial charge in [-0.3, -0.25) is 9.59 Å². The minimum absolute atomic E-state index is 0.259. The van der Waals surface area contributed by atoms with Gasteiger partial charge < -0.3 is 5.32 Å². The third kappa shape index (κ3) is 3.19. The molecule has 0 fully saturated rings. The predicted molar refractivity (Wildman–Crippen MR) is 99.8 cm³/mol. The van der Waals surface area contributed by atoms with Crippen LogP contribution in [0.2, 0.25) is 5.02 Å². The van der Waals surface area contributed by atoms with E-state index in [4.69, 9.17) is 11.6 Å². The first kappa shape index (κ1) is 18.4. The smallest absolute Gasteiger partial charge is 0.241 e. The maximum atomic E-state index is 12.1. The van der Waals surface area contributed by atoms with Gasteiger partial charge in [0.1, 0.15) is 5.69 Å². The molecule has 0 radical (unpaired) electrons. The average Bonchev–Trinajstić information content (AvgIpc) is 3.09. The van der Waals surface area contributed by atoms with Gasteiger partial charge in [-0.25, -0.2) is 9.69 Å². The van der Waals surface area contributed by atoms with Crippen LogP contribution in [-0.2, 0) is 14.5 Å². The van der Waals surface area contributed by atoms with Crippen molar-refractivity contribution in [3.63, 3.8) is 0 Å². The minimum atomic E-state index is -0.918. The second-order valence-electron chi connectivity index (χ2n) is 5.91. The highest BCUT2D eigenvalue weighted by molar-refractivity contribution is 8.14. The van der Waals surface area contributed by atoms with Crippen LogP contribution in [0.25, 0.3) is 5.69 Å². The molecule has 2 aromatic rings. The van der Waals surface area contributed by atoms with E-state index in [-0.39, 0.29) is 11.8 Å². The molecule has 26 heavy (non-hydrogen) atoms. The van der Waals surface area contributed by atoms with Crippen LogP contribution in [0.4, 0.5) is 0 Å². The molecule has 1 N–H and O–H groups in total. The summed E-state index contributed by atoms with van der Waals surface area (Å²) < 4.78 is 1.67. The molecule has 1 aromatic heterocycles. The Morgan fingerprint density at radius 3 is 2.46 bits per heavy atom. The van der Waals surface area contributed by atoms with E-state index in [1.807, 2.05) is 26.0 Å². The summed E-state index contributed by atoms with van der Waals surface area (Å²) in [5, 5.41) is 17.6. The molecule has 1 aliphatic rings. The van der Waals surface area contributed by atoms with Gasteiger partial charge in [-0.2, -0.15) is 0 Å². The molecule has 2 heterocycles. The topological polar surface area (TPSA) is 92.5 Å². The molecular formula is C16H17ClN6O2S. The molecule has 0 saturated heterocycles. The first-order valence-corrected chi connectivity index (χ1v) is 8.96. The number of hydrogen-bond donors (Lipinski definition) is 1. The van der Waals surface area contributed by atoms with Gasteiger partial charge in [0.25, 0.3) is 0 Å². The van der Waals surface area contributed by atoms with E-state index >= 15 is 0 Å². The number of aromatic nitrogens is 3. The number of amides is 2. The van der Waals surface area contributed by atoms with Crippen molar-refractivity contribution in [1.82, 2.24) is 25.3 Å². The van der Waals surface area contributed by atoms with Gasteiger partial charge in [0, 0.05) is 18.9 Å². The number of benzene rings is 1. The largest absolute Gasteiger partial charge is 0.304 e. The highest BCUT2D eigenvalue weighted by Gasteiger charge is 2.47. The van der Waals surface area contributed by atoms with E-state index in [0.717, 1.165) is 11.4 Å². The van der Waals surface area contributed by atoms with E-state index in [0.29, 0.717) is 15.9 Å². The zero-order valence-corrected chi connectivity index (χ0v) is 16.2. The van der Waals surface area contributed by atoms with Gasteiger partial charge >= 0.3 is 0 Å². The van der Waals surface area contributed by atoms with Crippen molar-refractivity contribution in [2.24, 2.45) is 5.10 Å². The Morgan fingerprint density at radius 2 is 1.88 bits per heavy atom. The van der Waals surface area contributed by atoms with Gasteiger partial charge in [-0.15, -0.1) is 10.2 Å².